The van der Waals surface area contributed by atoms with Gasteiger partial charge >= 0.3 is 0 Å². The van der Waals surface area contributed by atoms with Crippen molar-refractivity contribution in [2.24, 2.45) is 17.3 Å². The van der Waals surface area contributed by atoms with E-state index in [0.29, 0.717) is 5.41 Å². The summed E-state index contributed by atoms with van der Waals surface area (Å²) in [5.74, 6) is 1.91. The highest BCUT2D eigenvalue weighted by Gasteiger charge is 2.38. The fourth-order valence-electron chi connectivity index (χ4n) is 3.68. The molecule has 1 aliphatic rings. The van der Waals surface area contributed by atoms with Crippen LogP contribution >= 0.6 is 0 Å². The molecule has 1 unspecified atom stereocenters. The third-order valence-corrected chi connectivity index (χ3v) is 5.45. The third kappa shape index (κ3) is 4.26. The van der Waals surface area contributed by atoms with E-state index in [1.54, 1.807) is 0 Å². The minimum absolute atomic E-state index is 0.605. The second-order valence-electron chi connectivity index (χ2n) is 6.54. The Morgan fingerprint density at radius 2 is 1.83 bits per heavy atom. The van der Waals surface area contributed by atoms with Crippen molar-refractivity contribution in [2.75, 3.05) is 13.1 Å². The van der Waals surface area contributed by atoms with E-state index in [2.05, 4.69) is 33.0 Å². The minimum atomic E-state index is 0.605. The summed E-state index contributed by atoms with van der Waals surface area (Å²) in [7, 11) is 0. The molecule has 1 atom stereocenters. The van der Waals surface area contributed by atoms with Gasteiger partial charge in [-0.3, -0.25) is 0 Å². The van der Waals surface area contributed by atoms with Crippen molar-refractivity contribution in [1.29, 1.82) is 0 Å². The first-order valence-electron chi connectivity index (χ1n) is 8.39. The van der Waals surface area contributed by atoms with Crippen LogP contribution in [-0.2, 0) is 0 Å². The topological polar surface area (TPSA) is 12.0 Å². The number of rotatable bonds is 8. The van der Waals surface area contributed by atoms with Gasteiger partial charge in [-0.25, -0.2) is 0 Å². The number of unbranched alkanes of at least 4 members (excludes halogenated alkanes) is 1. The molecule has 18 heavy (non-hydrogen) atoms. The van der Waals surface area contributed by atoms with Crippen molar-refractivity contribution in [3.63, 3.8) is 0 Å². The summed E-state index contributed by atoms with van der Waals surface area (Å²) < 4.78 is 0. The van der Waals surface area contributed by atoms with Gasteiger partial charge in [0.15, 0.2) is 0 Å². The maximum absolute atomic E-state index is 3.63. The summed E-state index contributed by atoms with van der Waals surface area (Å²) in [6.07, 6.45) is 11.5. The van der Waals surface area contributed by atoms with E-state index in [-0.39, 0.29) is 0 Å². The molecule has 1 aliphatic carbocycles. The number of hydrogen-bond donors (Lipinski definition) is 1. The van der Waals surface area contributed by atoms with Crippen LogP contribution in [0.2, 0.25) is 0 Å². The second-order valence-corrected chi connectivity index (χ2v) is 6.54. The Morgan fingerprint density at radius 3 is 2.33 bits per heavy atom. The summed E-state index contributed by atoms with van der Waals surface area (Å²) >= 11 is 0. The molecule has 0 aliphatic heterocycles. The first-order chi connectivity index (χ1) is 8.68. The van der Waals surface area contributed by atoms with Gasteiger partial charge in [0, 0.05) is 6.54 Å². The maximum atomic E-state index is 3.63. The van der Waals surface area contributed by atoms with Crippen LogP contribution in [0.3, 0.4) is 0 Å². The smallest absolute Gasteiger partial charge is 0.00102 e. The van der Waals surface area contributed by atoms with Crippen molar-refractivity contribution < 1.29 is 0 Å². The molecule has 0 heterocycles. The highest BCUT2D eigenvalue weighted by molar-refractivity contribution is 4.90. The summed E-state index contributed by atoms with van der Waals surface area (Å²) in [6, 6.07) is 0. The van der Waals surface area contributed by atoms with Gasteiger partial charge in [-0.05, 0) is 49.5 Å². The van der Waals surface area contributed by atoms with Crippen molar-refractivity contribution in [2.45, 2.75) is 79.1 Å². The van der Waals surface area contributed by atoms with Gasteiger partial charge in [0.1, 0.15) is 0 Å². The van der Waals surface area contributed by atoms with Crippen molar-refractivity contribution >= 4 is 0 Å². The van der Waals surface area contributed by atoms with Crippen LogP contribution in [0.1, 0.15) is 79.1 Å². The first kappa shape index (κ1) is 16.0. The van der Waals surface area contributed by atoms with E-state index >= 15 is 0 Å². The summed E-state index contributed by atoms with van der Waals surface area (Å²) in [6.45, 7) is 11.8. The standard InChI is InChI=1S/C17H35N/c1-5-8-9-16-10-12-17(13-11-16,14-18-7-3)15(4)6-2/h15-16,18H,5-14H2,1-4H3. The van der Waals surface area contributed by atoms with Gasteiger partial charge in [-0.1, -0.05) is 53.4 Å². The molecule has 0 aromatic carbocycles. The average Bonchev–Trinajstić information content (AvgIpc) is 2.43. The Labute approximate surface area is 115 Å². The van der Waals surface area contributed by atoms with Gasteiger partial charge in [-0.2, -0.15) is 0 Å². The maximum Gasteiger partial charge on any atom is 0.00102 e. The largest absolute Gasteiger partial charge is 0.316 e. The lowest BCUT2D eigenvalue weighted by Crippen LogP contribution is -2.42. The molecule has 1 saturated carbocycles. The highest BCUT2D eigenvalue weighted by atomic mass is 14.9. The third-order valence-electron chi connectivity index (χ3n) is 5.45. The van der Waals surface area contributed by atoms with E-state index in [9.17, 15) is 0 Å². The average molecular weight is 253 g/mol. The predicted octanol–water partition coefficient (Wildman–Crippen LogP) is 5.01. The monoisotopic (exact) mass is 253 g/mol. The zero-order chi connectivity index (χ0) is 13.4. The second kappa shape index (κ2) is 8.19. The lowest BCUT2D eigenvalue weighted by molar-refractivity contribution is 0.0753. The van der Waals surface area contributed by atoms with E-state index in [1.807, 2.05) is 0 Å². The van der Waals surface area contributed by atoms with Crippen LogP contribution in [0.4, 0.5) is 0 Å². The zero-order valence-corrected chi connectivity index (χ0v) is 13.2. The number of hydrogen-bond acceptors (Lipinski definition) is 1. The van der Waals surface area contributed by atoms with Crippen LogP contribution in [0.25, 0.3) is 0 Å². The lowest BCUT2D eigenvalue weighted by atomic mass is 9.62. The summed E-state index contributed by atoms with van der Waals surface area (Å²) in [4.78, 5) is 0. The molecule has 1 N–H and O–H groups in total. The molecule has 1 heteroatoms. The Morgan fingerprint density at radius 1 is 1.17 bits per heavy atom. The van der Waals surface area contributed by atoms with E-state index in [4.69, 9.17) is 0 Å². The molecule has 0 radical (unpaired) electrons. The van der Waals surface area contributed by atoms with Gasteiger partial charge < -0.3 is 5.32 Å². The van der Waals surface area contributed by atoms with Crippen molar-refractivity contribution in [3.8, 4) is 0 Å². The lowest BCUT2D eigenvalue weighted by Gasteiger charge is -2.45. The summed E-state index contributed by atoms with van der Waals surface area (Å²) in [5.41, 5.74) is 0.605. The molecule has 1 fully saturated rings. The van der Waals surface area contributed by atoms with Gasteiger partial charge in [-0.15, -0.1) is 0 Å². The molecule has 0 amide bonds. The quantitative estimate of drug-likeness (QED) is 0.641. The van der Waals surface area contributed by atoms with Crippen LogP contribution in [0.15, 0.2) is 0 Å². The van der Waals surface area contributed by atoms with Crippen molar-refractivity contribution in [3.05, 3.63) is 0 Å². The number of nitrogens with one attached hydrogen (secondary N) is 1. The van der Waals surface area contributed by atoms with E-state index in [1.165, 1.54) is 57.9 Å². The molecule has 0 aromatic heterocycles. The Hall–Kier alpha value is -0.0400. The van der Waals surface area contributed by atoms with E-state index < -0.39 is 0 Å². The SMILES string of the molecule is CCCCC1CCC(CNCC)(C(C)CC)CC1. The van der Waals surface area contributed by atoms with Gasteiger partial charge in [0.25, 0.3) is 0 Å². The van der Waals surface area contributed by atoms with Gasteiger partial charge in [0.05, 0.1) is 0 Å². The van der Waals surface area contributed by atoms with Crippen LogP contribution in [-0.4, -0.2) is 13.1 Å². The van der Waals surface area contributed by atoms with Crippen LogP contribution in [0.5, 0.6) is 0 Å². The minimum Gasteiger partial charge on any atom is -0.316 e. The molecule has 0 spiro atoms. The normalized spacial score (nSPS) is 30.3. The van der Waals surface area contributed by atoms with Crippen molar-refractivity contribution in [1.82, 2.24) is 5.32 Å². The molecular weight excluding hydrogens is 218 g/mol. The fourth-order valence-corrected chi connectivity index (χ4v) is 3.68. The fraction of sp³-hybridized carbons (Fsp3) is 1.00. The summed E-state index contributed by atoms with van der Waals surface area (Å²) in [5, 5.41) is 3.63. The molecule has 0 saturated heterocycles. The highest BCUT2D eigenvalue weighted by Crippen LogP contribution is 2.46. The molecule has 108 valence electrons. The molecular formula is C17H35N. The predicted molar refractivity (Wildman–Crippen MR) is 81.9 cm³/mol. The Balaban J connectivity index is 2.50. The zero-order valence-electron chi connectivity index (χ0n) is 13.2. The Bertz CT molecular complexity index is 204. The molecule has 1 rings (SSSR count). The molecule has 1 nitrogen and oxygen atoms in total. The molecule has 0 bridgehead atoms. The van der Waals surface area contributed by atoms with Crippen LogP contribution in [0, 0.1) is 17.3 Å². The van der Waals surface area contributed by atoms with E-state index in [0.717, 1.165) is 18.4 Å². The Kier molecular flexibility index (Phi) is 7.29. The first-order valence-corrected chi connectivity index (χ1v) is 8.39. The molecule has 0 aromatic rings. The van der Waals surface area contributed by atoms with Crippen LogP contribution < -0.4 is 5.32 Å². The van der Waals surface area contributed by atoms with Gasteiger partial charge in [0.2, 0.25) is 0 Å².